The van der Waals surface area contributed by atoms with Crippen molar-refractivity contribution in [3.63, 3.8) is 0 Å². The van der Waals surface area contributed by atoms with Gasteiger partial charge in [-0.05, 0) is 43.9 Å². The first-order valence-electron chi connectivity index (χ1n) is 6.35. The second-order valence-corrected chi connectivity index (χ2v) is 6.63. The number of carbonyl (C=O) groups is 1. The number of hydrogen-bond donors (Lipinski definition) is 0. The quantitative estimate of drug-likeness (QED) is 0.761. The van der Waals surface area contributed by atoms with Crippen molar-refractivity contribution in [1.82, 2.24) is 4.90 Å². The Hall–Kier alpha value is -0.350. The molecule has 0 atom stereocenters. The van der Waals surface area contributed by atoms with E-state index in [0.717, 1.165) is 27.6 Å². The van der Waals surface area contributed by atoms with Crippen LogP contribution in [0.5, 0.6) is 0 Å². The van der Waals surface area contributed by atoms with Crippen LogP contribution in [0.2, 0.25) is 0 Å². The van der Waals surface area contributed by atoms with Crippen molar-refractivity contribution >= 4 is 37.8 Å². The molecule has 4 heteroatoms. The molecule has 98 valence electrons. The SMILES string of the molecule is CCN(CC1CCC1)C(=O)c1cc(Br)cc(Br)c1. The molecule has 0 aromatic heterocycles. The summed E-state index contributed by atoms with van der Waals surface area (Å²) in [6.07, 6.45) is 3.86. The number of rotatable bonds is 4. The lowest BCUT2D eigenvalue weighted by molar-refractivity contribution is 0.0706. The maximum Gasteiger partial charge on any atom is 0.253 e. The maximum absolute atomic E-state index is 12.4. The minimum absolute atomic E-state index is 0.131. The van der Waals surface area contributed by atoms with Gasteiger partial charge in [0.05, 0.1) is 0 Å². The molecule has 1 aliphatic carbocycles. The molecule has 2 nitrogen and oxygen atoms in total. The fourth-order valence-electron chi connectivity index (χ4n) is 2.20. The minimum Gasteiger partial charge on any atom is -0.339 e. The molecule has 1 aromatic carbocycles. The fourth-order valence-corrected chi connectivity index (χ4v) is 3.50. The highest BCUT2D eigenvalue weighted by Crippen LogP contribution is 2.28. The third kappa shape index (κ3) is 3.35. The predicted octanol–water partition coefficient (Wildman–Crippen LogP) is 4.47. The molecule has 0 unspecified atom stereocenters. The number of halogens is 2. The van der Waals surface area contributed by atoms with Crippen molar-refractivity contribution in [2.45, 2.75) is 26.2 Å². The zero-order chi connectivity index (χ0) is 13.1. The van der Waals surface area contributed by atoms with E-state index in [1.54, 1.807) is 0 Å². The monoisotopic (exact) mass is 373 g/mol. The molecule has 0 bridgehead atoms. The van der Waals surface area contributed by atoms with Gasteiger partial charge in [0.1, 0.15) is 0 Å². The van der Waals surface area contributed by atoms with E-state index in [4.69, 9.17) is 0 Å². The number of amides is 1. The van der Waals surface area contributed by atoms with Crippen molar-refractivity contribution in [3.8, 4) is 0 Å². The molecule has 0 saturated heterocycles. The first kappa shape index (κ1) is 14.1. The molecule has 1 amide bonds. The van der Waals surface area contributed by atoms with E-state index in [2.05, 4.69) is 31.9 Å². The number of benzene rings is 1. The molecule has 0 heterocycles. The van der Waals surface area contributed by atoms with Gasteiger partial charge < -0.3 is 4.90 Å². The van der Waals surface area contributed by atoms with E-state index in [9.17, 15) is 4.79 Å². The lowest BCUT2D eigenvalue weighted by Gasteiger charge is -2.31. The molecule has 0 aliphatic heterocycles. The minimum atomic E-state index is 0.131. The summed E-state index contributed by atoms with van der Waals surface area (Å²) in [7, 11) is 0. The van der Waals surface area contributed by atoms with E-state index in [0.29, 0.717) is 5.92 Å². The Balaban J connectivity index is 2.11. The van der Waals surface area contributed by atoms with Gasteiger partial charge in [-0.3, -0.25) is 4.79 Å². The fraction of sp³-hybridized carbons (Fsp3) is 0.500. The van der Waals surface area contributed by atoms with Gasteiger partial charge in [0.25, 0.3) is 5.91 Å². The Morgan fingerprint density at radius 1 is 1.28 bits per heavy atom. The summed E-state index contributed by atoms with van der Waals surface area (Å²) in [5, 5.41) is 0. The average molecular weight is 375 g/mol. The molecule has 1 aliphatic rings. The second-order valence-electron chi connectivity index (χ2n) is 4.80. The highest BCUT2D eigenvalue weighted by Gasteiger charge is 2.23. The molecule has 1 fully saturated rings. The van der Waals surface area contributed by atoms with Crippen LogP contribution >= 0.6 is 31.9 Å². The van der Waals surface area contributed by atoms with Crippen molar-refractivity contribution < 1.29 is 4.79 Å². The van der Waals surface area contributed by atoms with Crippen molar-refractivity contribution in [1.29, 1.82) is 0 Å². The standard InChI is InChI=1S/C14H17Br2NO/c1-2-17(9-10-4-3-5-10)14(18)11-6-12(15)8-13(16)7-11/h6-8,10H,2-5,9H2,1H3. The summed E-state index contributed by atoms with van der Waals surface area (Å²) in [5.74, 6) is 0.843. The Morgan fingerprint density at radius 2 is 1.89 bits per heavy atom. The zero-order valence-corrected chi connectivity index (χ0v) is 13.6. The lowest BCUT2D eigenvalue weighted by Crippen LogP contribution is -2.37. The third-order valence-corrected chi connectivity index (χ3v) is 4.40. The van der Waals surface area contributed by atoms with E-state index in [1.165, 1.54) is 19.3 Å². The van der Waals surface area contributed by atoms with Crippen LogP contribution in [0.25, 0.3) is 0 Å². The Labute approximate surface area is 125 Å². The summed E-state index contributed by atoms with van der Waals surface area (Å²) in [5.41, 5.74) is 0.748. The van der Waals surface area contributed by atoms with Crippen LogP contribution in [0, 0.1) is 5.92 Å². The van der Waals surface area contributed by atoms with E-state index in [-0.39, 0.29) is 5.91 Å². The van der Waals surface area contributed by atoms with Crippen molar-refractivity contribution in [3.05, 3.63) is 32.7 Å². The smallest absolute Gasteiger partial charge is 0.253 e. The Morgan fingerprint density at radius 3 is 2.33 bits per heavy atom. The van der Waals surface area contributed by atoms with Crippen molar-refractivity contribution in [2.75, 3.05) is 13.1 Å². The largest absolute Gasteiger partial charge is 0.339 e. The van der Waals surface area contributed by atoms with Crippen LogP contribution in [0.1, 0.15) is 36.5 Å². The van der Waals surface area contributed by atoms with Gasteiger partial charge in [-0.25, -0.2) is 0 Å². The van der Waals surface area contributed by atoms with E-state index in [1.807, 2.05) is 30.0 Å². The van der Waals surface area contributed by atoms with Gasteiger partial charge >= 0.3 is 0 Å². The molecule has 1 aromatic rings. The molecule has 0 N–H and O–H groups in total. The second kappa shape index (κ2) is 6.20. The third-order valence-electron chi connectivity index (χ3n) is 3.48. The molecule has 1 saturated carbocycles. The normalized spacial score (nSPS) is 15.3. The van der Waals surface area contributed by atoms with Gasteiger partial charge in [0, 0.05) is 27.6 Å². The first-order chi connectivity index (χ1) is 8.60. The number of nitrogens with zero attached hydrogens (tertiary/aromatic N) is 1. The summed E-state index contributed by atoms with van der Waals surface area (Å²) >= 11 is 6.85. The molecular weight excluding hydrogens is 358 g/mol. The molecule has 0 radical (unpaired) electrons. The molecule has 2 rings (SSSR count). The van der Waals surface area contributed by atoms with E-state index >= 15 is 0 Å². The highest BCUT2D eigenvalue weighted by atomic mass is 79.9. The van der Waals surface area contributed by atoms with E-state index < -0.39 is 0 Å². The number of carbonyl (C=O) groups excluding carboxylic acids is 1. The van der Waals surface area contributed by atoms with Crippen LogP contribution in [0.3, 0.4) is 0 Å². The van der Waals surface area contributed by atoms with Crippen LogP contribution in [0.4, 0.5) is 0 Å². The van der Waals surface area contributed by atoms with Crippen LogP contribution in [0.15, 0.2) is 27.1 Å². The van der Waals surface area contributed by atoms with Gasteiger partial charge in [-0.1, -0.05) is 38.3 Å². The first-order valence-corrected chi connectivity index (χ1v) is 7.94. The van der Waals surface area contributed by atoms with Gasteiger partial charge in [-0.15, -0.1) is 0 Å². The maximum atomic E-state index is 12.4. The average Bonchev–Trinajstić information content (AvgIpc) is 2.26. The van der Waals surface area contributed by atoms with Crippen LogP contribution in [-0.2, 0) is 0 Å². The van der Waals surface area contributed by atoms with Crippen molar-refractivity contribution in [2.24, 2.45) is 5.92 Å². The van der Waals surface area contributed by atoms with Crippen LogP contribution < -0.4 is 0 Å². The van der Waals surface area contributed by atoms with Gasteiger partial charge in [0.15, 0.2) is 0 Å². The topological polar surface area (TPSA) is 20.3 Å². The molecule has 18 heavy (non-hydrogen) atoms. The van der Waals surface area contributed by atoms with Gasteiger partial charge in [0.2, 0.25) is 0 Å². The zero-order valence-electron chi connectivity index (χ0n) is 10.5. The van der Waals surface area contributed by atoms with Gasteiger partial charge in [-0.2, -0.15) is 0 Å². The Kier molecular flexibility index (Phi) is 4.84. The predicted molar refractivity (Wildman–Crippen MR) is 80.8 cm³/mol. The number of hydrogen-bond acceptors (Lipinski definition) is 1. The summed E-state index contributed by atoms with van der Waals surface area (Å²) < 4.78 is 1.86. The summed E-state index contributed by atoms with van der Waals surface area (Å²) in [4.78, 5) is 14.4. The Bertz CT molecular complexity index is 423. The molecular formula is C14H17Br2NO. The summed E-state index contributed by atoms with van der Waals surface area (Å²) in [6.45, 7) is 3.72. The highest BCUT2D eigenvalue weighted by molar-refractivity contribution is 9.11. The molecule has 0 spiro atoms. The lowest BCUT2D eigenvalue weighted by atomic mass is 9.85. The van der Waals surface area contributed by atoms with Crippen LogP contribution in [-0.4, -0.2) is 23.9 Å². The summed E-state index contributed by atoms with van der Waals surface area (Å²) in [6, 6.07) is 5.71.